The van der Waals surface area contributed by atoms with Crippen molar-refractivity contribution >= 4 is 27.8 Å². The molecule has 2 aliphatic rings. The maximum absolute atomic E-state index is 12.5. The standard InChI is InChI=1S/C25H26N2O7S/c28-23(27-12-13-35(32,33)16-17(27)14-24(29)30)10-5-11-26-25(31)34-15-22-20-8-3-1-6-18(20)19-7-2-4-9-21(19)22/h1-10,17,22H,11-16H2,(H,26,31)(H,29,30)/b10-5+. The SMILES string of the molecule is O=C(O)CC1CS(=O)(=O)CCN1C(=O)/C=C/CNC(=O)OCC1c2ccccc2-c2ccccc21. The number of hydrogen-bond acceptors (Lipinski definition) is 6. The Morgan fingerprint density at radius 3 is 2.31 bits per heavy atom. The molecule has 0 radical (unpaired) electrons. The summed E-state index contributed by atoms with van der Waals surface area (Å²) in [5.41, 5.74) is 4.47. The fraction of sp³-hybridized carbons (Fsp3) is 0.320. The summed E-state index contributed by atoms with van der Waals surface area (Å²) in [4.78, 5) is 37.0. The molecule has 1 unspecified atom stereocenters. The van der Waals surface area contributed by atoms with E-state index in [0.29, 0.717) is 0 Å². The topological polar surface area (TPSA) is 130 Å². The van der Waals surface area contributed by atoms with Crippen molar-refractivity contribution in [2.45, 2.75) is 18.4 Å². The average Bonchev–Trinajstić information content (AvgIpc) is 3.13. The number of sulfone groups is 1. The van der Waals surface area contributed by atoms with Crippen molar-refractivity contribution < 1.29 is 32.6 Å². The van der Waals surface area contributed by atoms with E-state index in [1.54, 1.807) is 0 Å². The number of alkyl carbamates (subject to hydrolysis) is 1. The number of fused-ring (bicyclic) bond motifs is 3. The zero-order chi connectivity index (χ0) is 25.0. The lowest BCUT2D eigenvalue weighted by Crippen LogP contribution is -2.51. The van der Waals surface area contributed by atoms with Gasteiger partial charge in [0.15, 0.2) is 9.84 Å². The molecule has 1 saturated heterocycles. The van der Waals surface area contributed by atoms with Gasteiger partial charge >= 0.3 is 12.1 Å². The van der Waals surface area contributed by atoms with E-state index in [9.17, 15) is 22.8 Å². The molecule has 10 heteroatoms. The van der Waals surface area contributed by atoms with Gasteiger partial charge in [-0.25, -0.2) is 13.2 Å². The molecule has 0 spiro atoms. The first-order valence-corrected chi connectivity index (χ1v) is 13.1. The number of rotatable bonds is 7. The quantitative estimate of drug-likeness (QED) is 0.560. The van der Waals surface area contributed by atoms with E-state index in [0.717, 1.165) is 22.3 Å². The highest BCUT2D eigenvalue weighted by molar-refractivity contribution is 7.91. The average molecular weight is 499 g/mol. The van der Waals surface area contributed by atoms with Crippen molar-refractivity contribution in [3.63, 3.8) is 0 Å². The van der Waals surface area contributed by atoms with Gasteiger partial charge in [-0.3, -0.25) is 9.59 Å². The van der Waals surface area contributed by atoms with Crippen molar-refractivity contribution in [2.75, 3.05) is 31.2 Å². The molecule has 1 aliphatic carbocycles. The number of benzene rings is 2. The van der Waals surface area contributed by atoms with Crippen LogP contribution in [0.15, 0.2) is 60.7 Å². The Kier molecular flexibility index (Phi) is 7.20. The third-order valence-electron chi connectivity index (χ3n) is 6.19. The Morgan fingerprint density at radius 2 is 1.69 bits per heavy atom. The van der Waals surface area contributed by atoms with Gasteiger partial charge < -0.3 is 20.1 Å². The lowest BCUT2D eigenvalue weighted by atomic mass is 9.98. The molecule has 2 aromatic rings. The van der Waals surface area contributed by atoms with Crippen LogP contribution in [0.1, 0.15) is 23.5 Å². The second kappa shape index (κ2) is 10.3. The van der Waals surface area contributed by atoms with E-state index in [4.69, 9.17) is 9.84 Å². The summed E-state index contributed by atoms with van der Waals surface area (Å²) in [6, 6.07) is 15.1. The number of nitrogens with one attached hydrogen (secondary N) is 1. The minimum absolute atomic E-state index is 0.0259. The zero-order valence-electron chi connectivity index (χ0n) is 18.9. The zero-order valence-corrected chi connectivity index (χ0v) is 19.7. The largest absolute Gasteiger partial charge is 0.481 e. The molecular weight excluding hydrogens is 472 g/mol. The highest BCUT2D eigenvalue weighted by Crippen LogP contribution is 2.44. The molecule has 35 heavy (non-hydrogen) atoms. The summed E-state index contributed by atoms with van der Waals surface area (Å²) >= 11 is 0. The lowest BCUT2D eigenvalue weighted by Gasteiger charge is -2.33. The number of hydrogen-bond donors (Lipinski definition) is 2. The van der Waals surface area contributed by atoms with Crippen LogP contribution < -0.4 is 5.32 Å². The molecule has 2 N–H and O–H groups in total. The number of ether oxygens (including phenoxy) is 1. The molecule has 1 fully saturated rings. The minimum atomic E-state index is -3.39. The van der Waals surface area contributed by atoms with Crippen LogP contribution in [-0.2, 0) is 24.2 Å². The van der Waals surface area contributed by atoms with Gasteiger partial charge in [0.25, 0.3) is 0 Å². The molecular formula is C25H26N2O7S. The Bertz CT molecular complexity index is 1230. The summed E-state index contributed by atoms with van der Waals surface area (Å²) in [5, 5.41) is 11.6. The fourth-order valence-electron chi connectivity index (χ4n) is 4.59. The van der Waals surface area contributed by atoms with Crippen molar-refractivity contribution in [2.24, 2.45) is 0 Å². The molecule has 184 valence electrons. The second-order valence-corrected chi connectivity index (χ2v) is 10.7. The maximum atomic E-state index is 12.5. The Hall–Kier alpha value is -3.66. The monoisotopic (exact) mass is 498 g/mol. The number of carbonyl (C=O) groups excluding carboxylic acids is 2. The second-order valence-electron chi connectivity index (χ2n) is 8.51. The van der Waals surface area contributed by atoms with Crippen LogP contribution in [0.2, 0.25) is 0 Å². The highest BCUT2D eigenvalue weighted by Gasteiger charge is 2.34. The van der Waals surface area contributed by atoms with Gasteiger partial charge in [0.1, 0.15) is 6.61 Å². The number of amides is 2. The lowest BCUT2D eigenvalue weighted by molar-refractivity contribution is -0.139. The van der Waals surface area contributed by atoms with Crippen LogP contribution in [0.4, 0.5) is 4.79 Å². The minimum Gasteiger partial charge on any atom is -0.481 e. The van der Waals surface area contributed by atoms with Gasteiger partial charge in [0, 0.05) is 25.1 Å². The van der Waals surface area contributed by atoms with Crippen molar-refractivity contribution in [1.82, 2.24) is 10.2 Å². The van der Waals surface area contributed by atoms with Gasteiger partial charge in [0.05, 0.1) is 24.0 Å². The van der Waals surface area contributed by atoms with E-state index in [1.807, 2.05) is 36.4 Å². The number of carboxylic acids is 1. The van der Waals surface area contributed by atoms with Gasteiger partial charge in [-0.05, 0) is 22.3 Å². The molecule has 0 bridgehead atoms. The Balaban J connectivity index is 1.28. The van der Waals surface area contributed by atoms with Crippen molar-refractivity contribution in [3.05, 3.63) is 71.8 Å². The van der Waals surface area contributed by atoms with E-state index in [2.05, 4.69) is 17.4 Å². The molecule has 2 amide bonds. The molecule has 1 heterocycles. The van der Waals surface area contributed by atoms with E-state index in [1.165, 1.54) is 17.1 Å². The summed E-state index contributed by atoms with van der Waals surface area (Å²) in [7, 11) is -3.39. The Morgan fingerprint density at radius 1 is 1.06 bits per heavy atom. The highest BCUT2D eigenvalue weighted by atomic mass is 32.2. The van der Waals surface area contributed by atoms with E-state index in [-0.39, 0.29) is 37.1 Å². The molecule has 0 aromatic heterocycles. The first-order valence-electron chi connectivity index (χ1n) is 11.2. The first kappa shape index (κ1) is 24.5. The molecule has 1 atom stereocenters. The normalized spacial score (nSPS) is 18.6. The van der Waals surface area contributed by atoms with Crippen LogP contribution in [0.25, 0.3) is 11.1 Å². The van der Waals surface area contributed by atoms with Crippen molar-refractivity contribution in [3.8, 4) is 11.1 Å². The Labute approximate surface area is 203 Å². The maximum Gasteiger partial charge on any atom is 0.407 e. The molecule has 1 aliphatic heterocycles. The van der Waals surface area contributed by atoms with Gasteiger partial charge in [-0.15, -0.1) is 0 Å². The third kappa shape index (κ3) is 5.71. The fourth-order valence-corrected chi connectivity index (χ4v) is 6.12. The van der Waals surface area contributed by atoms with E-state index < -0.39 is 40.3 Å². The summed E-state index contributed by atoms with van der Waals surface area (Å²) < 4.78 is 29.1. The third-order valence-corrected chi connectivity index (χ3v) is 7.89. The molecule has 9 nitrogen and oxygen atoms in total. The molecule has 0 saturated carbocycles. The summed E-state index contributed by atoms with van der Waals surface area (Å²) in [6.45, 7) is 0.128. The van der Waals surface area contributed by atoms with Crippen LogP contribution in [0, 0.1) is 0 Å². The first-order chi connectivity index (χ1) is 16.7. The molecule has 2 aromatic carbocycles. The van der Waals surface area contributed by atoms with Gasteiger partial charge in [-0.1, -0.05) is 54.6 Å². The number of carbonyl (C=O) groups is 3. The smallest absolute Gasteiger partial charge is 0.407 e. The van der Waals surface area contributed by atoms with Crippen LogP contribution in [0.3, 0.4) is 0 Å². The van der Waals surface area contributed by atoms with Gasteiger partial charge in [0.2, 0.25) is 5.91 Å². The predicted molar refractivity (Wildman–Crippen MR) is 129 cm³/mol. The van der Waals surface area contributed by atoms with Crippen molar-refractivity contribution in [1.29, 1.82) is 0 Å². The van der Waals surface area contributed by atoms with Crippen LogP contribution >= 0.6 is 0 Å². The van der Waals surface area contributed by atoms with Crippen LogP contribution in [0.5, 0.6) is 0 Å². The van der Waals surface area contributed by atoms with E-state index >= 15 is 0 Å². The number of nitrogens with zero attached hydrogens (tertiary/aromatic N) is 1. The summed E-state index contributed by atoms with van der Waals surface area (Å²) in [6.07, 6.45) is 1.55. The predicted octanol–water partition coefficient (Wildman–Crippen LogP) is 2.18. The molecule has 4 rings (SSSR count). The van der Waals surface area contributed by atoms with Crippen LogP contribution in [-0.4, -0.2) is 73.6 Å². The number of aliphatic carboxylic acids is 1. The summed E-state index contributed by atoms with van der Waals surface area (Å²) in [5.74, 6) is -2.32. The van der Waals surface area contributed by atoms with Gasteiger partial charge in [-0.2, -0.15) is 0 Å². The number of carboxylic acid groups (broad SMARTS) is 1.